The summed E-state index contributed by atoms with van der Waals surface area (Å²) in [7, 11) is 0. The molecule has 1 aliphatic heterocycles. The Morgan fingerprint density at radius 1 is 1.56 bits per heavy atom. The van der Waals surface area contributed by atoms with Crippen molar-refractivity contribution < 1.29 is 4.79 Å². The lowest BCUT2D eigenvalue weighted by Gasteiger charge is -2.30. The Morgan fingerprint density at radius 3 is 3.12 bits per heavy atom. The van der Waals surface area contributed by atoms with Crippen molar-refractivity contribution >= 4 is 11.8 Å². The van der Waals surface area contributed by atoms with Crippen LogP contribution in [0.2, 0.25) is 0 Å². The SMILES string of the molecule is CC1CCCN(C(=O)Nc2cnccn2)C1. The largest absolute Gasteiger partial charge is 0.324 e. The van der Waals surface area contributed by atoms with E-state index in [9.17, 15) is 4.79 Å². The number of amides is 2. The first-order chi connectivity index (χ1) is 7.75. The number of carbonyl (C=O) groups is 1. The summed E-state index contributed by atoms with van der Waals surface area (Å²) in [5.74, 6) is 1.09. The zero-order chi connectivity index (χ0) is 11.4. The third kappa shape index (κ3) is 2.68. The van der Waals surface area contributed by atoms with Crippen LogP contribution in [0.5, 0.6) is 0 Å². The summed E-state index contributed by atoms with van der Waals surface area (Å²) >= 11 is 0. The van der Waals surface area contributed by atoms with Crippen molar-refractivity contribution in [3.8, 4) is 0 Å². The van der Waals surface area contributed by atoms with Gasteiger partial charge in [0.15, 0.2) is 5.82 Å². The monoisotopic (exact) mass is 220 g/mol. The Bertz CT molecular complexity index is 354. The number of rotatable bonds is 1. The Hall–Kier alpha value is -1.65. The van der Waals surface area contributed by atoms with Crippen LogP contribution in [0.1, 0.15) is 19.8 Å². The molecule has 2 rings (SSSR count). The average Bonchev–Trinajstić information content (AvgIpc) is 2.30. The maximum absolute atomic E-state index is 11.9. The van der Waals surface area contributed by atoms with Gasteiger partial charge in [0.05, 0.1) is 6.20 Å². The van der Waals surface area contributed by atoms with Gasteiger partial charge in [-0.15, -0.1) is 0 Å². The first kappa shape index (κ1) is 10.9. The van der Waals surface area contributed by atoms with Crippen LogP contribution in [0.15, 0.2) is 18.6 Å². The minimum atomic E-state index is -0.0768. The molecule has 1 aromatic rings. The molecule has 0 aromatic carbocycles. The Morgan fingerprint density at radius 2 is 2.44 bits per heavy atom. The fourth-order valence-electron chi connectivity index (χ4n) is 1.93. The van der Waals surface area contributed by atoms with E-state index in [1.54, 1.807) is 18.6 Å². The van der Waals surface area contributed by atoms with E-state index in [1.807, 2.05) is 4.90 Å². The van der Waals surface area contributed by atoms with Crippen molar-refractivity contribution in [3.63, 3.8) is 0 Å². The predicted octanol–water partition coefficient (Wildman–Crippen LogP) is 1.74. The first-order valence-electron chi connectivity index (χ1n) is 5.57. The molecule has 5 nitrogen and oxygen atoms in total. The number of nitrogens with zero attached hydrogens (tertiary/aromatic N) is 3. The summed E-state index contributed by atoms with van der Waals surface area (Å²) in [4.78, 5) is 21.6. The molecule has 1 atom stereocenters. The molecule has 2 amide bonds. The number of likely N-dealkylation sites (tertiary alicyclic amines) is 1. The van der Waals surface area contributed by atoms with Crippen molar-refractivity contribution in [1.82, 2.24) is 14.9 Å². The summed E-state index contributed by atoms with van der Waals surface area (Å²) in [6, 6.07) is -0.0768. The minimum absolute atomic E-state index is 0.0768. The van der Waals surface area contributed by atoms with Crippen LogP contribution in [-0.4, -0.2) is 34.0 Å². The standard InChI is InChI=1S/C11H16N4O/c1-9-3-2-6-15(8-9)11(16)14-10-7-12-4-5-13-10/h4-5,7,9H,2-3,6,8H2,1H3,(H,13,14,16). The van der Waals surface area contributed by atoms with Gasteiger partial charge < -0.3 is 4.90 Å². The zero-order valence-corrected chi connectivity index (χ0v) is 9.39. The van der Waals surface area contributed by atoms with Gasteiger partial charge in [0.1, 0.15) is 0 Å². The first-order valence-corrected chi connectivity index (χ1v) is 5.57. The van der Waals surface area contributed by atoms with Crippen LogP contribution in [-0.2, 0) is 0 Å². The Kier molecular flexibility index (Phi) is 3.34. The number of urea groups is 1. The molecule has 0 saturated carbocycles. The van der Waals surface area contributed by atoms with Crippen LogP contribution in [0.3, 0.4) is 0 Å². The lowest BCUT2D eigenvalue weighted by Crippen LogP contribution is -2.41. The van der Waals surface area contributed by atoms with E-state index in [1.165, 1.54) is 6.42 Å². The number of aromatic nitrogens is 2. The van der Waals surface area contributed by atoms with Crippen molar-refractivity contribution in [2.75, 3.05) is 18.4 Å². The topological polar surface area (TPSA) is 58.1 Å². The van der Waals surface area contributed by atoms with Gasteiger partial charge in [-0.1, -0.05) is 6.92 Å². The number of hydrogen-bond acceptors (Lipinski definition) is 3. The molecule has 1 N–H and O–H groups in total. The highest BCUT2D eigenvalue weighted by atomic mass is 16.2. The van der Waals surface area contributed by atoms with Gasteiger partial charge in [-0.25, -0.2) is 9.78 Å². The lowest BCUT2D eigenvalue weighted by atomic mass is 10.0. The van der Waals surface area contributed by atoms with E-state index in [0.717, 1.165) is 19.5 Å². The molecule has 86 valence electrons. The van der Waals surface area contributed by atoms with Crippen molar-refractivity contribution in [3.05, 3.63) is 18.6 Å². The van der Waals surface area contributed by atoms with Crippen molar-refractivity contribution in [1.29, 1.82) is 0 Å². The fraction of sp³-hybridized carbons (Fsp3) is 0.545. The van der Waals surface area contributed by atoms with E-state index < -0.39 is 0 Å². The molecule has 5 heteroatoms. The number of nitrogens with one attached hydrogen (secondary N) is 1. The van der Waals surface area contributed by atoms with Gasteiger partial charge in [0.2, 0.25) is 0 Å². The molecule has 16 heavy (non-hydrogen) atoms. The van der Waals surface area contributed by atoms with Gasteiger partial charge >= 0.3 is 6.03 Å². The third-order valence-electron chi connectivity index (χ3n) is 2.74. The van der Waals surface area contributed by atoms with Gasteiger partial charge in [-0.3, -0.25) is 10.3 Å². The quantitative estimate of drug-likeness (QED) is 0.784. The van der Waals surface area contributed by atoms with Gasteiger partial charge in [-0.2, -0.15) is 0 Å². The lowest BCUT2D eigenvalue weighted by molar-refractivity contribution is 0.182. The molecule has 0 bridgehead atoms. The highest BCUT2D eigenvalue weighted by Crippen LogP contribution is 2.16. The summed E-state index contributed by atoms with van der Waals surface area (Å²) in [5.41, 5.74) is 0. The van der Waals surface area contributed by atoms with Crippen LogP contribution in [0.25, 0.3) is 0 Å². The van der Waals surface area contributed by atoms with Crippen molar-refractivity contribution in [2.45, 2.75) is 19.8 Å². The third-order valence-corrected chi connectivity index (χ3v) is 2.74. The molecular formula is C11H16N4O. The molecule has 0 spiro atoms. The summed E-state index contributed by atoms with van der Waals surface area (Å²) < 4.78 is 0. The van der Waals surface area contributed by atoms with Gasteiger partial charge in [0, 0.05) is 25.5 Å². The normalized spacial score (nSPS) is 20.6. The molecule has 1 aromatic heterocycles. The highest BCUT2D eigenvalue weighted by molar-refractivity contribution is 5.88. The molecule has 1 aliphatic rings. The molecule has 1 saturated heterocycles. The molecule has 1 fully saturated rings. The molecule has 0 aliphatic carbocycles. The van der Waals surface area contributed by atoms with E-state index in [-0.39, 0.29) is 6.03 Å². The van der Waals surface area contributed by atoms with E-state index in [4.69, 9.17) is 0 Å². The fourth-order valence-corrected chi connectivity index (χ4v) is 1.93. The Labute approximate surface area is 94.9 Å². The van der Waals surface area contributed by atoms with E-state index >= 15 is 0 Å². The smallest absolute Gasteiger partial charge is 0.323 e. The maximum atomic E-state index is 11.9. The molecule has 2 heterocycles. The molecule has 0 radical (unpaired) electrons. The van der Waals surface area contributed by atoms with Crippen LogP contribution < -0.4 is 5.32 Å². The van der Waals surface area contributed by atoms with Crippen LogP contribution in [0, 0.1) is 5.92 Å². The summed E-state index contributed by atoms with van der Waals surface area (Å²) in [5, 5.41) is 2.75. The van der Waals surface area contributed by atoms with Gasteiger partial charge in [-0.05, 0) is 18.8 Å². The molecule has 1 unspecified atom stereocenters. The van der Waals surface area contributed by atoms with Gasteiger partial charge in [0.25, 0.3) is 0 Å². The second-order valence-corrected chi connectivity index (χ2v) is 4.21. The maximum Gasteiger partial charge on any atom is 0.323 e. The number of anilines is 1. The number of carbonyl (C=O) groups excluding carboxylic acids is 1. The summed E-state index contributed by atoms with van der Waals surface area (Å²) in [6.07, 6.45) is 6.97. The second-order valence-electron chi connectivity index (χ2n) is 4.21. The van der Waals surface area contributed by atoms with E-state index in [2.05, 4.69) is 22.2 Å². The number of piperidine rings is 1. The van der Waals surface area contributed by atoms with Crippen molar-refractivity contribution in [2.24, 2.45) is 5.92 Å². The van der Waals surface area contributed by atoms with Crippen LogP contribution in [0.4, 0.5) is 10.6 Å². The summed E-state index contributed by atoms with van der Waals surface area (Å²) in [6.45, 7) is 3.82. The Balaban J connectivity index is 1.93. The predicted molar refractivity (Wildman–Crippen MR) is 61.0 cm³/mol. The van der Waals surface area contributed by atoms with Crippen LogP contribution >= 0.6 is 0 Å². The van der Waals surface area contributed by atoms with E-state index in [0.29, 0.717) is 11.7 Å². The molecular weight excluding hydrogens is 204 g/mol. The minimum Gasteiger partial charge on any atom is -0.324 e. The number of hydrogen-bond donors (Lipinski definition) is 1. The highest BCUT2D eigenvalue weighted by Gasteiger charge is 2.20. The second kappa shape index (κ2) is 4.92. The average molecular weight is 220 g/mol. The zero-order valence-electron chi connectivity index (χ0n) is 9.39.